The molecule has 90 valence electrons. The number of pyridine rings is 1. The molecule has 1 unspecified atom stereocenters. The van der Waals surface area contributed by atoms with E-state index in [9.17, 15) is 10.1 Å². The summed E-state index contributed by atoms with van der Waals surface area (Å²) in [4.78, 5) is 13.8. The van der Waals surface area contributed by atoms with Gasteiger partial charge in [-0.1, -0.05) is 6.92 Å². The Morgan fingerprint density at radius 1 is 1.76 bits per heavy atom. The third kappa shape index (κ3) is 3.39. The molecule has 0 aliphatic heterocycles. The Morgan fingerprint density at radius 3 is 3.00 bits per heavy atom. The molecule has 0 spiro atoms. The van der Waals surface area contributed by atoms with Gasteiger partial charge in [0.1, 0.15) is 23.6 Å². The van der Waals surface area contributed by atoms with E-state index in [1.165, 1.54) is 6.07 Å². The summed E-state index contributed by atoms with van der Waals surface area (Å²) in [6, 6.07) is 3.01. The summed E-state index contributed by atoms with van der Waals surface area (Å²) in [6.45, 7) is 2.41. The van der Waals surface area contributed by atoms with E-state index in [1.807, 2.05) is 13.0 Å². The zero-order valence-corrected chi connectivity index (χ0v) is 9.38. The van der Waals surface area contributed by atoms with Gasteiger partial charge in [0, 0.05) is 18.7 Å². The number of anilines is 1. The van der Waals surface area contributed by atoms with E-state index >= 15 is 0 Å². The summed E-state index contributed by atoms with van der Waals surface area (Å²) < 4.78 is 0. The minimum absolute atomic E-state index is 0.0430. The van der Waals surface area contributed by atoms with Gasteiger partial charge in [-0.3, -0.25) is 10.1 Å². The van der Waals surface area contributed by atoms with Crippen molar-refractivity contribution in [3.8, 4) is 6.07 Å². The Hall–Kier alpha value is -2.20. The Kier molecular flexibility index (Phi) is 4.37. The number of nitro groups is 1. The first-order valence-electron chi connectivity index (χ1n) is 5.12. The molecule has 0 aliphatic rings. The molecule has 17 heavy (non-hydrogen) atoms. The van der Waals surface area contributed by atoms with Crippen molar-refractivity contribution in [1.82, 2.24) is 4.98 Å². The van der Waals surface area contributed by atoms with Gasteiger partial charge in [0.05, 0.1) is 4.92 Å². The fraction of sp³-hybridized carbons (Fsp3) is 0.400. The van der Waals surface area contributed by atoms with E-state index in [0.717, 1.165) is 12.6 Å². The van der Waals surface area contributed by atoms with Crippen molar-refractivity contribution < 1.29 is 4.92 Å². The standard InChI is InChI=1S/C10H13N5O2/c1-2-8(12)5-13-10-7(4-11)3-9(6-14-10)15(16)17/h3,6,8H,2,5,12H2,1H3,(H,13,14). The summed E-state index contributed by atoms with van der Waals surface area (Å²) in [7, 11) is 0. The molecule has 0 amide bonds. The third-order valence-electron chi connectivity index (χ3n) is 2.26. The fourth-order valence-corrected chi connectivity index (χ4v) is 1.15. The molecule has 1 rings (SSSR count). The number of nitrogens with one attached hydrogen (secondary N) is 1. The highest BCUT2D eigenvalue weighted by Crippen LogP contribution is 2.17. The average molecular weight is 235 g/mol. The predicted molar refractivity (Wildman–Crippen MR) is 62.4 cm³/mol. The highest BCUT2D eigenvalue weighted by molar-refractivity contribution is 5.55. The third-order valence-corrected chi connectivity index (χ3v) is 2.26. The van der Waals surface area contributed by atoms with Crippen LogP contribution in [0.15, 0.2) is 12.3 Å². The second-order valence-electron chi connectivity index (χ2n) is 3.51. The highest BCUT2D eigenvalue weighted by atomic mass is 16.6. The lowest BCUT2D eigenvalue weighted by Gasteiger charge is -2.11. The average Bonchev–Trinajstić information content (AvgIpc) is 2.35. The van der Waals surface area contributed by atoms with Gasteiger partial charge < -0.3 is 11.1 Å². The monoisotopic (exact) mass is 235 g/mol. The van der Waals surface area contributed by atoms with Crippen LogP contribution in [-0.2, 0) is 0 Å². The number of hydrogen-bond donors (Lipinski definition) is 2. The molecule has 0 aliphatic carbocycles. The van der Waals surface area contributed by atoms with Crippen LogP contribution in [0.3, 0.4) is 0 Å². The number of aromatic nitrogens is 1. The smallest absolute Gasteiger partial charge is 0.289 e. The minimum Gasteiger partial charge on any atom is -0.367 e. The largest absolute Gasteiger partial charge is 0.367 e. The minimum atomic E-state index is -0.588. The first-order valence-corrected chi connectivity index (χ1v) is 5.12. The van der Waals surface area contributed by atoms with Crippen molar-refractivity contribution in [2.75, 3.05) is 11.9 Å². The fourth-order valence-electron chi connectivity index (χ4n) is 1.15. The zero-order valence-electron chi connectivity index (χ0n) is 9.38. The first kappa shape index (κ1) is 12.9. The summed E-state index contributed by atoms with van der Waals surface area (Å²) >= 11 is 0. The lowest BCUT2D eigenvalue weighted by molar-refractivity contribution is -0.385. The molecule has 3 N–H and O–H groups in total. The molecule has 0 bridgehead atoms. The lowest BCUT2D eigenvalue weighted by Crippen LogP contribution is -2.28. The van der Waals surface area contributed by atoms with Crippen LogP contribution in [0.1, 0.15) is 18.9 Å². The van der Waals surface area contributed by atoms with E-state index in [-0.39, 0.29) is 17.3 Å². The summed E-state index contributed by atoms with van der Waals surface area (Å²) in [6.07, 6.45) is 1.91. The predicted octanol–water partition coefficient (Wildman–Crippen LogP) is 1.01. The van der Waals surface area contributed by atoms with Crippen LogP contribution in [0, 0.1) is 21.4 Å². The highest BCUT2D eigenvalue weighted by Gasteiger charge is 2.12. The maximum absolute atomic E-state index is 10.5. The normalized spacial score (nSPS) is 11.6. The van der Waals surface area contributed by atoms with Crippen LogP contribution in [0.25, 0.3) is 0 Å². The van der Waals surface area contributed by atoms with Gasteiger partial charge in [-0.2, -0.15) is 5.26 Å². The molecule has 7 heteroatoms. The van der Waals surface area contributed by atoms with E-state index < -0.39 is 4.92 Å². The van der Waals surface area contributed by atoms with Crippen molar-refractivity contribution in [2.24, 2.45) is 5.73 Å². The van der Waals surface area contributed by atoms with Gasteiger partial charge >= 0.3 is 0 Å². The van der Waals surface area contributed by atoms with Gasteiger partial charge in [0.2, 0.25) is 0 Å². The Balaban J connectivity index is 2.87. The molecular formula is C10H13N5O2. The van der Waals surface area contributed by atoms with Crippen molar-refractivity contribution in [3.63, 3.8) is 0 Å². The van der Waals surface area contributed by atoms with Crippen LogP contribution in [-0.4, -0.2) is 22.5 Å². The van der Waals surface area contributed by atoms with E-state index in [4.69, 9.17) is 11.0 Å². The topological polar surface area (TPSA) is 118 Å². The summed E-state index contributed by atoms with van der Waals surface area (Å²) in [5, 5.41) is 22.3. The summed E-state index contributed by atoms with van der Waals surface area (Å²) in [5.74, 6) is 0.321. The van der Waals surface area contributed by atoms with Gasteiger partial charge in [0.25, 0.3) is 5.69 Å². The van der Waals surface area contributed by atoms with Crippen molar-refractivity contribution in [1.29, 1.82) is 5.26 Å². The number of nitrogens with two attached hydrogens (primary N) is 1. The molecule has 0 saturated carbocycles. The maximum Gasteiger partial charge on any atom is 0.289 e. The van der Waals surface area contributed by atoms with Gasteiger partial charge in [-0.05, 0) is 6.42 Å². The Morgan fingerprint density at radius 2 is 2.47 bits per heavy atom. The van der Waals surface area contributed by atoms with Crippen molar-refractivity contribution in [2.45, 2.75) is 19.4 Å². The molecule has 1 aromatic heterocycles. The van der Waals surface area contributed by atoms with Gasteiger partial charge in [-0.25, -0.2) is 4.98 Å². The zero-order chi connectivity index (χ0) is 12.8. The SMILES string of the molecule is CCC(N)CNc1ncc([N+](=O)[O-])cc1C#N. The van der Waals surface area contributed by atoms with Gasteiger partial charge in [-0.15, -0.1) is 0 Å². The van der Waals surface area contributed by atoms with E-state index in [1.54, 1.807) is 0 Å². The molecule has 0 saturated heterocycles. The Labute approximate surface area is 98.4 Å². The number of hydrogen-bond acceptors (Lipinski definition) is 6. The van der Waals surface area contributed by atoms with Crippen LogP contribution in [0.2, 0.25) is 0 Å². The Bertz CT molecular complexity index is 454. The maximum atomic E-state index is 10.5. The van der Waals surface area contributed by atoms with Crippen molar-refractivity contribution in [3.05, 3.63) is 27.9 Å². The number of nitriles is 1. The molecule has 7 nitrogen and oxygen atoms in total. The van der Waals surface area contributed by atoms with Crippen LogP contribution < -0.4 is 11.1 Å². The molecule has 1 aromatic rings. The van der Waals surface area contributed by atoms with Gasteiger partial charge in [0.15, 0.2) is 0 Å². The lowest BCUT2D eigenvalue weighted by atomic mass is 10.2. The van der Waals surface area contributed by atoms with E-state index in [2.05, 4.69) is 10.3 Å². The molecule has 0 radical (unpaired) electrons. The second kappa shape index (κ2) is 5.77. The summed E-state index contributed by atoms with van der Waals surface area (Å²) in [5.41, 5.74) is 5.65. The quantitative estimate of drug-likeness (QED) is 0.580. The number of rotatable bonds is 5. The van der Waals surface area contributed by atoms with Crippen LogP contribution in [0.5, 0.6) is 0 Å². The first-order chi connectivity index (χ1) is 8.08. The molecular weight excluding hydrogens is 222 g/mol. The second-order valence-corrected chi connectivity index (χ2v) is 3.51. The van der Waals surface area contributed by atoms with Crippen LogP contribution >= 0.6 is 0 Å². The molecule has 0 fully saturated rings. The number of nitrogens with zero attached hydrogens (tertiary/aromatic N) is 3. The molecule has 1 atom stereocenters. The molecule has 1 heterocycles. The van der Waals surface area contributed by atoms with Crippen molar-refractivity contribution >= 4 is 11.5 Å². The van der Waals surface area contributed by atoms with E-state index in [0.29, 0.717) is 12.4 Å². The van der Waals surface area contributed by atoms with Crippen LogP contribution in [0.4, 0.5) is 11.5 Å². The molecule has 0 aromatic carbocycles.